The van der Waals surface area contributed by atoms with E-state index in [-0.39, 0.29) is 42.2 Å². The number of fused-ring (bicyclic) bond motifs is 4. The molecule has 21 heavy (non-hydrogen) atoms. The summed E-state index contributed by atoms with van der Waals surface area (Å²) < 4.78 is 15.3. The molecule has 0 aromatic carbocycles. The predicted octanol–water partition coefficient (Wildman–Crippen LogP) is 0.917. The van der Waals surface area contributed by atoms with Crippen molar-refractivity contribution in [2.75, 3.05) is 7.11 Å². The highest BCUT2D eigenvalue weighted by molar-refractivity contribution is 5.74. The molecule has 2 fully saturated rings. The van der Waals surface area contributed by atoms with Gasteiger partial charge >= 0.3 is 11.9 Å². The Morgan fingerprint density at radius 1 is 1.00 bits per heavy atom. The molecular weight excluding hydrogens is 276 g/mol. The summed E-state index contributed by atoms with van der Waals surface area (Å²) in [6, 6.07) is 0. The topological polar surface area (TPSA) is 82.1 Å². The summed E-state index contributed by atoms with van der Waals surface area (Å²) in [5.41, 5.74) is 0. The van der Waals surface area contributed by atoms with Gasteiger partial charge in [0.25, 0.3) is 0 Å². The maximum absolute atomic E-state index is 11.1. The number of ether oxygens (including phenoxy) is 3. The minimum atomic E-state index is -0.739. The fraction of sp³-hybridized carbons (Fsp3) is 0.600. The molecule has 4 bridgehead atoms. The summed E-state index contributed by atoms with van der Waals surface area (Å²) in [5, 5.41) is 8.62. The molecule has 114 valence electrons. The minimum Gasteiger partial charge on any atom is -0.481 e. The first kappa shape index (κ1) is 14.3. The van der Waals surface area contributed by atoms with Gasteiger partial charge in [0, 0.05) is 0 Å². The van der Waals surface area contributed by atoms with E-state index in [9.17, 15) is 9.59 Å². The van der Waals surface area contributed by atoms with Gasteiger partial charge in [-0.15, -0.1) is 0 Å². The van der Waals surface area contributed by atoms with Crippen LogP contribution < -0.4 is 0 Å². The highest BCUT2D eigenvalue weighted by Gasteiger charge is 2.42. The van der Waals surface area contributed by atoms with Crippen LogP contribution in [-0.2, 0) is 23.8 Å². The second kappa shape index (κ2) is 5.61. The number of carbonyl (C=O) groups excluding carboxylic acids is 1. The second-order valence-electron chi connectivity index (χ2n) is 5.59. The lowest BCUT2D eigenvalue weighted by molar-refractivity contribution is -0.146. The van der Waals surface area contributed by atoms with Crippen LogP contribution in [0.3, 0.4) is 0 Å². The molecule has 0 aliphatic carbocycles. The Morgan fingerprint density at radius 3 is 1.81 bits per heavy atom. The van der Waals surface area contributed by atoms with Crippen molar-refractivity contribution in [3.05, 3.63) is 24.3 Å². The molecular formula is C15H18O6. The van der Waals surface area contributed by atoms with E-state index in [1.54, 1.807) is 0 Å². The van der Waals surface area contributed by atoms with Gasteiger partial charge in [-0.2, -0.15) is 0 Å². The van der Waals surface area contributed by atoms with Gasteiger partial charge < -0.3 is 19.3 Å². The lowest BCUT2D eigenvalue weighted by Gasteiger charge is -2.11. The molecule has 0 saturated carbocycles. The van der Waals surface area contributed by atoms with Gasteiger partial charge in [-0.25, -0.2) is 0 Å². The lowest BCUT2D eigenvalue weighted by atomic mass is 9.95. The molecule has 4 rings (SSSR count). The Kier molecular flexibility index (Phi) is 3.82. The molecule has 4 aliphatic rings. The first-order chi connectivity index (χ1) is 10.1. The number of methoxy groups -OCH3 is 1. The van der Waals surface area contributed by atoms with Gasteiger partial charge in [-0.05, 0) is 12.8 Å². The molecule has 0 aromatic heterocycles. The average molecular weight is 294 g/mol. The summed E-state index contributed by atoms with van der Waals surface area (Å²) in [5.74, 6) is -1.25. The van der Waals surface area contributed by atoms with Crippen LogP contribution >= 0.6 is 0 Å². The summed E-state index contributed by atoms with van der Waals surface area (Å²) in [6.45, 7) is 0. The van der Waals surface area contributed by atoms with E-state index >= 15 is 0 Å². The van der Waals surface area contributed by atoms with Crippen LogP contribution in [0.25, 0.3) is 0 Å². The summed E-state index contributed by atoms with van der Waals surface area (Å²) >= 11 is 0. The second-order valence-corrected chi connectivity index (χ2v) is 5.59. The molecule has 6 nitrogen and oxygen atoms in total. The SMILES string of the molecule is COC(=O)C1CC2C=CC1O2.O=C(O)C1CC2C=CC1O2. The Hall–Kier alpha value is -1.66. The van der Waals surface area contributed by atoms with E-state index in [1.165, 1.54) is 7.11 Å². The van der Waals surface area contributed by atoms with Crippen molar-refractivity contribution in [2.45, 2.75) is 37.3 Å². The molecule has 1 N–H and O–H groups in total. The van der Waals surface area contributed by atoms with Gasteiger partial charge in [-0.1, -0.05) is 24.3 Å². The number of rotatable bonds is 2. The molecule has 0 aromatic rings. The van der Waals surface area contributed by atoms with E-state index in [4.69, 9.17) is 14.6 Å². The van der Waals surface area contributed by atoms with Gasteiger partial charge in [0.15, 0.2) is 0 Å². The highest BCUT2D eigenvalue weighted by atomic mass is 16.5. The average Bonchev–Trinajstić information content (AvgIpc) is 3.25. The van der Waals surface area contributed by atoms with Gasteiger partial charge in [0.2, 0.25) is 0 Å². The Morgan fingerprint density at radius 2 is 1.52 bits per heavy atom. The summed E-state index contributed by atoms with van der Waals surface area (Å²) in [7, 11) is 1.41. The molecule has 4 heterocycles. The monoisotopic (exact) mass is 294 g/mol. The molecule has 6 heteroatoms. The van der Waals surface area contributed by atoms with Gasteiger partial charge in [-0.3, -0.25) is 9.59 Å². The third-order valence-electron chi connectivity index (χ3n) is 4.28. The number of esters is 1. The summed E-state index contributed by atoms with van der Waals surface area (Å²) in [6.07, 6.45) is 9.21. The molecule has 6 atom stereocenters. The van der Waals surface area contributed by atoms with Crippen LogP contribution in [0.5, 0.6) is 0 Å². The van der Waals surface area contributed by atoms with Crippen LogP contribution in [0, 0.1) is 11.8 Å². The Bertz CT molecular complexity index is 496. The smallest absolute Gasteiger partial charge is 0.311 e. The van der Waals surface area contributed by atoms with Crippen molar-refractivity contribution < 1.29 is 28.9 Å². The first-order valence-electron chi connectivity index (χ1n) is 7.06. The maximum Gasteiger partial charge on any atom is 0.311 e. The van der Waals surface area contributed by atoms with E-state index < -0.39 is 5.97 Å². The Labute approximate surface area is 122 Å². The van der Waals surface area contributed by atoms with E-state index in [0.717, 1.165) is 6.42 Å². The molecule has 2 saturated heterocycles. The van der Waals surface area contributed by atoms with Crippen LogP contribution in [0.1, 0.15) is 12.8 Å². The largest absolute Gasteiger partial charge is 0.481 e. The highest BCUT2D eigenvalue weighted by Crippen LogP contribution is 2.34. The third-order valence-corrected chi connectivity index (χ3v) is 4.28. The number of aliphatic carboxylic acids is 1. The number of hydrogen-bond donors (Lipinski definition) is 1. The third kappa shape index (κ3) is 2.73. The normalized spacial score (nSPS) is 41.0. The standard InChI is InChI=1S/C8H10O3.C7H8O3/c1-10-8(9)6-4-5-2-3-7(6)11-5;8-7(9)5-3-4-1-2-6(5)10-4/h2-3,5-7H,4H2,1H3;1-2,4-6H,3H2,(H,8,9). The number of hydrogen-bond acceptors (Lipinski definition) is 5. The Balaban J connectivity index is 0.000000126. The van der Waals surface area contributed by atoms with Gasteiger partial charge in [0.1, 0.15) is 0 Å². The van der Waals surface area contributed by atoms with Crippen molar-refractivity contribution in [1.29, 1.82) is 0 Å². The maximum atomic E-state index is 11.1. The van der Waals surface area contributed by atoms with E-state index in [0.29, 0.717) is 6.42 Å². The van der Waals surface area contributed by atoms with E-state index in [1.807, 2.05) is 24.3 Å². The quantitative estimate of drug-likeness (QED) is 0.602. The summed E-state index contributed by atoms with van der Waals surface area (Å²) in [4.78, 5) is 21.5. The fourth-order valence-corrected chi connectivity index (χ4v) is 3.17. The number of carbonyl (C=O) groups is 2. The van der Waals surface area contributed by atoms with Gasteiger partial charge in [0.05, 0.1) is 43.4 Å². The molecule has 6 unspecified atom stereocenters. The molecule has 0 radical (unpaired) electrons. The molecule has 0 spiro atoms. The zero-order chi connectivity index (χ0) is 15.0. The number of carboxylic acids is 1. The van der Waals surface area contributed by atoms with Crippen LogP contribution in [0.2, 0.25) is 0 Å². The molecule has 0 amide bonds. The van der Waals surface area contributed by atoms with Crippen LogP contribution in [-0.4, -0.2) is 48.6 Å². The fourth-order valence-electron chi connectivity index (χ4n) is 3.17. The van der Waals surface area contributed by atoms with Crippen molar-refractivity contribution >= 4 is 11.9 Å². The zero-order valence-corrected chi connectivity index (χ0v) is 11.7. The predicted molar refractivity (Wildman–Crippen MR) is 71.5 cm³/mol. The minimum absolute atomic E-state index is 0.0209. The van der Waals surface area contributed by atoms with Crippen molar-refractivity contribution in [2.24, 2.45) is 11.8 Å². The first-order valence-corrected chi connectivity index (χ1v) is 7.06. The number of carboxylic acid groups (broad SMARTS) is 1. The van der Waals surface area contributed by atoms with E-state index in [2.05, 4.69) is 4.74 Å². The van der Waals surface area contributed by atoms with Crippen molar-refractivity contribution in [1.82, 2.24) is 0 Å². The van der Waals surface area contributed by atoms with Crippen molar-refractivity contribution in [3.8, 4) is 0 Å². The lowest BCUT2D eigenvalue weighted by Crippen LogP contribution is -2.24. The van der Waals surface area contributed by atoms with Crippen molar-refractivity contribution in [3.63, 3.8) is 0 Å². The molecule has 4 aliphatic heterocycles. The zero-order valence-electron chi connectivity index (χ0n) is 11.7. The van der Waals surface area contributed by atoms with Crippen LogP contribution in [0.4, 0.5) is 0 Å². The van der Waals surface area contributed by atoms with Crippen LogP contribution in [0.15, 0.2) is 24.3 Å².